The van der Waals surface area contributed by atoms with Gasteiger partial charge in [0.25, 0.3) is 0 Å². The summed E-state index contributed by atoms with van der Waals surface area (Å²) >= 11 is 0. The Morgan fingerprint density at radius 2 is 1.55 bits per heavy atom. The lowest BCUT2D eigenvalue weighted by Gasteiger charge is -2.14. The van der Waals surface area contributed by atoms with Crippen LogP contribution in [0.4, 0.5) is 0 Å². The molecule has 1 aliphatic carbocycles. The van der Waals surface area contributed by atoms with Crippen molar-refractivity contribution in [2.45, 2.75) is 32.7 Å². The summed E-state index contributed by atoms with van der Waals surface area (Å²) in [5.74, 6) is 0.641. The fourth-order valence-electron chi connectivity index (χ4n) is 3.04. The molecule has 2 N–H and O–H groups in total. The van der Waals surface area contributed by atoms with E-state index in [1.165, 1.54) is 23.1 Å². The number of hydrogen-bond acceptors (Lipinski definition) is 1. The van der Waals surface area contributed by atoms with E-state index in [0.29, 0.717) is 11.3 Å². The zero-order chi connectivity index (χ0) is 14.2. The standard InChI is InChI=1S/C19H23N/c1-19(2)13-17(19)18(20)16-10-8-15(9-11-16)12-14-6-4-3-5-7-14/h3-11,17-18H,12-13,20H2,1-2H3. The maximum atomic E-state index is 6.38. The van der Waals surface area contributed by atoms with Gasteiger partial charge in [0, 0.05) is 6.04 Å². The second kappa shape index (κ2) is 5.06. The van der Waals surface area contributed by atoms with E-state index in [4.69, 9.17) is 5.73 Å². The molecule has 2 aromatic carbocycles. The minimum atomic E-state index is 0.191. The molecule has 1 fully saturated rings. The molecule has 104 valence electrons. The van der Waals surface area contributed by atoms with Crippen molar-refractivity contribution in [3.05, 3.63) is 71.3 Å². The molecule has 0 radical (unpaired) electrons. The zero-order valence-corrected chi connectivity index (χ0v) is 12.3. The number of rotatable bonds is 4. The highest BCUT2D eigenvalue weighted by Gasteiger charge is 2.49. The maximum Gasteiger partial charge on any atom is 0.0328 e. The molecule has 3 rings (SSSR count). The highest BCUT2D eigenvalue weighted by Crippen LogP contribution is 2.56. The molecule has 1 saturated carbocycles. The minimum Gasteiger partial charge on any atom is -0.324 e. The van der Waals surface area contributed by atoms with E-state index in [-0.39, 0.29) is 6.04 Å². The van der Waals surface area contributed by atoms with Gasteiger partial charge in [0.15, 0.2) is 0 Å². The predicted molar refractivity (Wildman–Crippen MR) is 84.5 cm³/mol. The zero-order valence-electron chi connectivity index (χ0n) is 12.3. The van der Waals surface area contributed by atoms with Crippen molar-refractivity contribution in [3.8, 4) is 0 Å². The average molecular weight is 265 g/mol. The summed E-state index contributed by atoms with van der Waals surface area (Å²) in [4.78, 5) is 0. The quantitative estimate of drug-likeness (QED) is 0.875. The van der Waals surface area contributed by atoms with Gasteiger partial charge in [-0.1, -0.05) is 68.4 Å². The highest BCUT2D eigenvalue weighted by atomic mass is 14.7. The van der Waals surface area contributed by atoms with Crippen LogP contribution >= 0.6 is 0 Å². The van der Waals surface area contributed by atoms with Crippen molar-refractivity contribution in [3.63, 3.8) is 0 Å². The monoisotopic (exact) mass is 265 g/mol. The molecule has 1 nitrogen and oxygen atoms in total. The van der Waals surface area contributed by atoms with Crippen LogP contribution < -0.4 is 5.73 Å². The molecule has 0 aromatic heterocycles. The molecule has 1 heteroatoms. The van der Waals surface area contributed by atoms with E-state index in [2.05, 4.69) is 68.4 Å². The van der Waals surface area contributed by atoms with Crippen LogP contribution in [0.15, 0.2) is 54.6 Å². The van der Waals surface area contributed by atoms with Crippen LogP contribution in [-0.4, -0.2) is 0 Å². The van der Waals surface area contributed by atoms with Crippen LogP contribution in [-0.2, 0) is 6.42 Å². The number of hydrogen-bond donors (Lipinski definition) is 1. The van der Waals surface area contributed by atoms with Crippen molar-refractivity contribution in [1.82, 2.24) is 0 Å². The Labute approximate surface area is 121 Å². The Morgan fingerprint density at radius 1 is 1.00 bits per heavy atom. The van der Waals surface area contributed by atoms with Gasteiger partial charge in [0.2, 0.25) is 0 Å². The summed E-state index contributed by atoms with van der Waals surface area (Å²) < 4.78 is 0. The minimum absolute atomic E-state index is 0.191. The first kappa shape index (κ1) is 13.4. The van der Waals surface area contributed by atoms with Gasteiger partial charge in [-0.15, -0.1) is 0 Å². The van der Waals surface area contributed by atoms with E-state index in [1.54, 1.807) is 0 Å². The number of nitrogens with two attached hydrogens (primary N) is 1. The highest BCUT2D eigenvalue weighted by molar-refractivity contribution is 5.31. The largest absolute Gasteiger partial charge is 0.324 e. The van der Waals surface area contributed by atoms with Crippen molar-refractivity contribution in [1.29, 1.82) is 0 Å². The van der Waals surface area contributed by atoms with E-state index in [1.807, 2.05) is 0 Å². The SMILES string of the molecule is CC1(C)CC1C(N)c1ccc(Cc2ccccc2)cc1. The van der Waals surface area contributed by atoms with Crippen molar-refractivity contribution in [2.75, 3.05) is 0 Å². The first-order valence-corrected chi connectivity index (χ1v) is 7.44. The van der Waals surface area contributed by atoms with Crippen LogP contribution in [0, 0.1) is 11.3 Å². The first-order chi connectivity index (χ1) is 9.56. The fourth-order valence-corrected chi connectivity index (χ4v) is 3.04. The summed E-state index contributed by atoms with van der Waals surface area (Å²) in [7, 11) is 0. The lowest BCUT2D eigenvalue weighted by Crippen LogP contribution is -2.15. The Balaban J connectivity index is 1.69. The summed E-state index contributed by atoms with van der Waals surface area (Å²) in [6, 6.07) is 19.6. The van der Waals surface area contributed by atoms with E-state index < -0.39 is 0 Å². The van der Waals surface area contributed by atoms with Gasteiger partial charge in [-0.2, -0.15) is 0 Å². The summed E-state index contributed by atoms with van der Waals surface area (Å²) in [6.07, 6.45) is 2.24. The molecule has 0 aliphatic heterocycles. The van der Waals surface area contributed by atoms with Crippen molar-refractivity contribution < 1.29 is 0 Å². The summed E-state index contributed by atoms with van der Waals surface area (Å²) in [6.45, 7) is 4.61. The van der Waals surface area contributed by atoms with Gasteiger partial charge in [-0.05, 0) is 40.9 Å². The Morgan fingerprint density at radius 3 is 2.10 bits per heavy atom. The van der Waals surface area contributed by atoms with E-state index in [0.717, 1.165) is 6.42 Å². The molecule has 2 atom stereocenters. The van der Waals surface area contributed by atoms with Crippen LogP contribution in [0.5, 0.6) is 0 Å². The molecular formula is C19H23N. The van der Waals surface area contributed by atoms with Gasteiger partial charge in [0.1, 0.15) is 0 Å². The predicted octanol–water partition coefficient (Wildman–Crippen LogP) is 4.32. The molecule has 0 bridgehead atoms. The number of benzene rings is 2. The molecule has 2 aromatic rings. The van der Waals surface area contributed by atoms with Gasteiger partial charge in [-0.25, -0.2) is 0 Å². The fraction of sp³-hybridized carbons (Fsp3) is 0.368. The van der Waals surface area contributed by atoms with Crippen LogP contribution in [0.3, 0.4) is 0 Å². The second-order valence-corrected chi connectivity index (χ2v) is 6.73. The second-order valence-electron chi connectivity index (χ2n) is 6.73. The van der Waals surface area contributed by atoms with Gasteiger partial charge in [-0.3, -0.25) is 0 Å². The van der Waals surface area contributed by atoms with Gasteiger partial charge in [0.05, 0.1) is 0 Å². The topological polar surface area (TPSA) is 26.0 Å². The van der Waals surface area contributed by atoms with Gasteiger partial charge >= 0.3 is 0 Å². The molecule has 2 unspecified atom stereocenters. The maximum absolute atomic E-state index is 6.38. The Hall–Kier alpha value is -1.60. The molecule has 1 aliphatic rings. The van der Waals surface area contributed by atoms with Gasteiger partial charge < -0.3 is 5.73 Å². The van der Waals surface area contributed by atoms with E-state index >= 15 is 0 Å². The molecule has 0 heterocycles. The van der Waals surface area contributed by atoms with Crippen LogP contribution in [0.25, 0.3) is 0 Å². The molecule has 0 amide bonds. The summed E-state index contributed by atoms with van der Waals surface area (Å²) in [5.41, 5.74) is 10.8. The van der Waals surface area contributed by atoms with Crippen LogP contribution in [0.2, 0.25) is 0 Å². The van der Waals surface area contributed by atoms with Crippen molar-refractivity contribution >= 4 is 0 Å². The third kappa shape index (κ3) is 2.78. The Kier molecular flexibility index (Phi) is 3.39. The Bertz CT molecular complexity index is 568. The third-order valence-corrected chi connectivity index (χ3v) is 4.64. The third-order valence-electron chi connectivity index (χ3n) is 4.64. The lowest BCUT2D eigenvalue weighted by molar-refractivity contribution is 0.491. The summed E-state index contributed by atoms with van der Waals surface area (Å²) in [5, 5.41) is 0. The molecule has 20 heavy (non-hydrogen) atoms. The molecule has 0 saturated heterocycles. The lowest BCUT2D eigenvalue weighted by atomic mass is 9.96. The molecular weight excluding hydrogens is 242 g/mol. The van der Waals surface area contributed by atoms with Crippen LogP contribution in [0.1, 0.15) is 43.0 Å². The normalized spacial score (nSPS) is 21.4. The first-order valence-electron chi connectivity index (χ1n) is 7.44. The molecule has 0 spiro atoms. The van der Waals surface area contributed by atoms with E-state index in [9.17, 15) is 0 Å². The van der Waals surface area contributed by atoms with Crippen molar-refractivity contribution in [2.24, 2.45) is 17.1 Å². The average Bonchev–Trinajstić information content (AvgIpc) is 3.09. The smallest absolute Gasteiger partial charge is 0.0328 e.